The first-order chi connectivity index (χ1) is 6.69. The normalized spacial score (nSPS) is 20.2. The van der Waals surface area contributed by atoms with Crippen molar-refractivity contribution in [2.24, 2.45) is 5.92 Å². The summed E-state index contributed by atoms with van der Waals surface area (Å²) in [7, 11) is 0. The smallest absolute Gasteiger partial charge is 0.239 e. The van der Waals surface area contributed by atoms with Crippen molar-refractivity contribution in [3.8, 4) is 6.07 Å². The lowest BCUT2D eigenvalue weighted by Crippen LogP contribution is -2.41. The number of thioether (sulfide) groups is 1. The van der Waals surface area contributed by atoms with Crippen LogP contribution in [-0.2, 0) is 4.79 Å². The molecule has 1 aliphatic heterocycles. The molecule has 0 bridgehead atoms. The number of nitriles is 1. The standard InChI is InChI=1S/C10H16N2OS/c1-8(7-11)10(13)12-5-3-9(14-2)4-6-12/h8-9H,3-6H2,1-2H3. The molecule has 1 rings (SSSR count). The number of likely N-dealkylation sites (tertiary alicyclic amines) is 1. The number of hydrogen-bond acceptors (Lipinski definition) is 3. The molecule has 78 valence electrons. The zero-order valence-corrected chi connectivity index (χ0v) is 9.51. The molecule has 4 heteroatoms. The molecule has 1 heterocycles. The second-order valence-electron chi connectivity index (χ2n) is 3.61. The molecule has 1 saturated heterocycles. The maximum absolute atomic E-state index is 11.6. The molecule has 1 unspecified atom stereocenters. The Bertz CT molecular complexity index is 241. The lowest BCUT2D eigenvalue weighted by Gasteiger charge is -2.31. The van der Waals surface area contributed by atoms with Crippen molar-refractivity contribution in [2.45, 2.75) is 25.0 Å². The first-order valence-corrected chi connectivity index (χ1v) is 6.19. The van der Waals surface area contributed by atoms with Crippen LogP contribution >= 0.6 is 11.8 Å². The Morgan fingerprint density at radius 2 is 2.14 bits per heavy atom. The topological polar surface area (TPSA) is 44.1 Å². The fourth-order valence-corrected chi connectivity index (χ4v) is 2.32. The Labute approximate surface area is 89.5 Å². The van der Waals surface area contributed by atoms with Crippen molar-refractivity contribution in [1.29, 1.82) is 5.26 Å². The highest BCUT2D eigenvalue weighted by molar-refractivity contribution is 7.99. The summed E-state index contributed by atoms with van der Waals surface area (Å²) in [4.78, 5) is 13.4. The maximum atomic E-state index is 11.6. The van der Waals surface area contributed by atoms with Crippen LogP contribution in [0.3, 0.4) is 0 Å². The largest absolute Gasteiger partial charge is 0.341 e. The van der Waals surface area contributed by atoms with Gasteiger partial charge in [-0.05, 0) is 26.0 Å². The molecule has 1 amide bonds. The van der Waals surface area contributed by atoms with Gasteiger partial charge in [0.25, 0.3) is 0 Å². The van der Waals surface area contributed by atoms with E-state index in [0.717, 1.165) is 25.9 Å². The molecule has 0 radical (unpaired) electrons. The van der Waals surface area contributed by atoms with E-state index in [1.165, 1.54) is 0 Å². The molecule has 1 aliphatic rings. The van der Waals surface area contributed by atoms with Gasteiger partial charge < -0.3 is 4.90 Å². The average Bonchev–Trinajstić information content (AvgIpc) is 2.27. The zero-order valence-electron chi connectivity index (χ0n) is 8.69. The molecule has 0 aromatic rings. The number of rotatable bonds is 2. The van der Waals surface area contributed by atoms with Crippen LogP contribution in [0.2, 0.25) is 0 Å². The van der Waals surface area contributed by atoms with Gasteiger partial charge >= 0.3 is 0 Å². The quantitative estimate of drug-likeness (QED) is 0.696. The molecular weight excluding hydrogens is 196 g/mol. The van der Waals surface area contributed by atoms with Crippen LogP contribution < -0.4 is 0 Å². The van der Waals surface area contributed by atoms with E-state index >= 15 is 0 Å². The van der Waals surface area contributed by atoms with Crippen LogP contribution in [0.1, 0.15) is 19.8 Å². The highest BCUT2D eigenvalue weighted by Crippen LogP contribution is 2.21. The van der Waals surface area contributed by atoms with E-state index in [0.29, 0.717) is 5.25 Å². The molecule has 1 atom stereocenters. The highest BCUT2D eigenvalue weighted by Gasteiger charge is 2.25. The molecule has 0 saturated carbocycles. The molecule has 14 heavy (non-hydrogen) atoms. The number of piperidine rings is 1. The van der Waals surface area contributed by atoms with Gasteiger partial charge in [-0.2, -0.15) is 17.0 Å². The highest BCUT2D eigenvalue weighted by atomic mass is 32.2. The molecular formula is C10H16N2OS. The minimum Gasteiger partial charge on any atom is -0.341 e. The van der Waals surface area contributed by atoms with Crippen LogP contribution in [0.4, 0.5) is 0 Å². The average molecular weight is 212 g/mol. The molecule has 0 aliphatic carbocycles. The summed E-state index contributed by atoms with van der Waals surface area (Å²) in [6, 6.07) is 1.99. The molecule has 3 nitrogen and oxygen atoms in total. The third-order valence-corrected chi connectivity index (χ3v) is 3.79. The van der Waals surface area contributed by atoms with Crippen molar-refractivity contribution >= 4 is 17.7 Å². The van der Waals surface area contributed by atoms with Crippen LogP contribution in [0.5, 0.6) is 0 Å². The van der Waals surface area contributed by atoms with E-state index in [4.69, 9.17) is 5.26 Å². The van der Waals surface area contributed by atoms with Gasteiger partial charge in [-0.3, -0.25) is 4.79 Å². The summed E-state index contributed by atoms with van der Waals surface area (Å²) in [6.07, 6.45) is 4.23. The molecule has 0 aromatic heterocycles. The third-order valence-electron chi connectivity index (χ3n) is 2.65. The van der Waals surface area contributed by atoms with E-state index in [9.17, 15) is 4.79 Å². The SMILES string of the molecule is CSC1CCN(C(=O)C(C)C#N)CC1. The van der Waals surface area contributed by atoms with Crippen molar-refractivity contribution in [3.63, 3.8) is 0 Å². The predicted octanol–water partition coefficient (Wildman–Crippen LogP) is 1.50. The Morgan fingerprint density at radius 1 is 1.57 bits per heavy atom. The van der Waals surface area contributed by atoms with Crippen molar-refractivity contribution < 1.29 is 4.79 Å². The van der Waals surface area contributed by atoms with Gasteiger partial charge in [0.05, 0.1) is 6.07 Å². The lowest BCUT2D eigenvalue weighted by atomic mass is 10.1. The monoisotopic (exact) mass is 212 g/mol. The Balaban J connectivity index is 2.42. The number of hydrogen-bond donors (Lipinski definition) is 0. The summed E-state index contributed by atoms with van der Waals surface area (Å²) >= 11 is 1.87. The van der Waals surface area contributed by atoms with E-state index < -0.39 is 5.92 Å². The summed E-state index contributed by atoms with van der Waals surface area (Å²) in [6.45, 7) is 3.30. The molecule has 0 aromatic carbocycles. The summed E-state index contributed by atoms with van der Waals surface area (Å²) in [5, 5.41) is 9.32. The third kappa shape index (κ3) is 2.65. The van der Waals surface area contributed by atoms with Gasteiger partial charge in [0, 0.05) is 18.3 Å². The van der Waals surface area contributed by atoms with Gasteiger partial charge in [-0.15, -0.1) is 0 Å². The van der Waals surface area contributed by atoms with Gasteiger partial charge in [-0.25, -0.2) is 0 Å². The minimum absolute atomic E-state index is 0.00736. The van der Waals surface area contributed by atoms with Crippen LogP contribution in [-0.4, -0.2) is 35.4 Å². The summed E-state index contributed by atoms with van der Waals surface area (Å²) in [5.74, 6) is -0.493. The van der Waals surface area contributed by atoms with E-state index in [1.54, 1.807) is 6.92 Å². The lowest BCUT2D eigenvalue weighted by molar-refractivity contribution is -0.134. The van der Waals surface area contributed by atoms with E-state index in [1.807, 2.05) is 22.7 Å². The fourth-order valence-electron chi connectivity index (χ4n) is 1.64. The van der Waals surface area contributed by atoms with Crippen molar-refractivity contribution in [1.82, 2.24) is 4.90 Å². The fraction of sp³-hybridized carbons (Fsp3) is 0.800. The van der Waals surface area contributed by atoms with Gasteiger partial charge in [0.1, 0.15) is 5.92 Å². The number of amides is 1. The number of carbonyl (C=O) groups excluding carboxylic acids is 1. The van der Waals surface area contributed by atoms with Crippen LogP contribution in [0.25, 0.3) is 0 Å². The van der Waals surface area contributed by atoms with E-state index in [-0.39, 0.29) is 5.91 Å². The predicted molar refractivity (Wildman–Crippen MR) is 57.9 cm³/mol. The summed E-state index contributed by atoms with van der Waals surface area (Å²) in [5.41, 5.74) is 0. The Hall–Kier alpha value is -0.690. The molecule has 0 spiro atoms. The Morgan fingerprint density at radius 3 is 2.57 bits per heavy atom. The zero-order chi connectivity index (χ0) is 10.6. The van der Waals surface area contributed by atoms with Crippen molar-refractivity contribution in [2.75, 3.05) is 19.3 Å². The Kier molecular flexibility index (Phi) is 4.27. The second-order valence-corrected chi connectivity index (χ2v) is 4.75. The van der Waals surface area contributed by atoms with Gasteiger partial charge in [0.15, 0.2) is 0 Å². The van der Waals surface area contributed by atoms with Crippen LogP contribution in [0.15, 0.2) is 0 Å². The maximum Gasteiger partial charge on any atom is 0.239 e. The first-order valence-electron chi connectivity index (χ1n) is 4.90. The molecule has 0 N–H and O–H groups in total. The molecule has 1 fully saturated rings. The minimum atomic E-state index is -0.485. The van der Waals surface area contributed by atoms with Crippen LogP contribution in [0, 0.1) is 17.2 Å². The second kappa shape index (κ2) is 5.26. The number of nitrogens with zero attached hydrogens (tertiary/aromatic N) is 2. The van der Waals surface area contributed by atoms with Crippen molar-refractivity contribution in [3.05, 3.63) is 0 Å². The first kappa shape index (κ1) is 11.4. The van der Waals surface area contributed by atoms with Gasteiger partial charge in [0.2, 0.25) is 5.91 Å². The van der Waals surface area contributed by atoms with Gasteiger partial charge in [-0.1, -0.05) is 0 Å². The van der Waals surface area contributed by atoms with E-state index in [2.05, 4.69) is 6.26 Å². The summed E-state index contributed by atoms with van der Waals surface area (Å²) < 4.78 is 0. The number of carbonyl (C=O) groups is 1.